The molecule has 2 heterocycles. The molecule has 0 fully saturated rings. The second kappa shape index (κ2) is 8.06. The molecule has 0 saturated heterocycles. The van der Waals surface area contributed by atoms with Crippen molar-refractivity contribution in [2.75, 3.05) is 5.32 Å². The van der Waals surface area contributed by atoms with Crippen molar-refractivity contribution in [2.24, 2.45) is 0 Å². The van der Waals surface area contributed by atoms with Crippen LogP contribution in [0, 0.1) is 0 Å². The molecule has 0 atom stereocenters. The number of ether oxygens (including phenoxy) is 1. The second-order valence-electron chi connectivity index (χ2n) is 6.47. The largest absolute Gasteiger partial charge is 0.457 e. The van der Waals surface area contributed by atoms with E-state index < -0.39 is 0 Å². The van der Waals surface area contributed by atoms with E-state index in [1.54, 1.807) is 11.6 Å². The van der Waals surface area contributed by atoms with Gasteiger partial charge < -0.3 is 4.74 Å². The molecule has 0 aliphatic rings. The molecule has 0 aliphatic carbocycles. The number of aromatic nitrogens is 2. The summed E-state index contributed by atoms with van der Waals surface area (Å²) < 4.78 is 6.81. The van der Waals surface area contributed by atoms with Gasteiger partial charge in [0.2, 0.25) is 0 Å². The van der Waals surface area contributed by atoms with Crippen LogP contribution in [0.25, 0.3) is 21.5 Å². The van der Waals surface area contributed by atoms with Gasteiger partial charge in [0.1, 0.15) is 11.5 Å². The van der Waals surface area contributed by atoms with Crippen LogP contribution in [0.2, 0.25) is 0 Å². The van der Waals surface area contributed by atoms with E-state index in [4.69, 9.17) is 4.74 Å². The summed E-state index contributed by atoms with van der Waals surface area (Å²) in [6.07, 6.45) is 0. The van der Waals surface area contributed by atoms with Crippen LogP contribution in [0.1, 0.15) is 10.4 Å². The lowest BCUT2D eigenvalue weighted by molar-refractivity contribution is 0.102. The number of nitrogens with zero attached hydrogens (tertiary/aromatic N) is 2. The van der Waals surface area contributed by atoms with Gasteiger partial charge in [-0.3, -0.25) is 10.1 Å². The highest BCUT2D eigenvalue weighted by Crippen LogP contribution is 2.28. The number of para-hydroxylation sites is 1. The Morgan fingerprint density at radius 2 is 1.70 bits per heavy atom. The zero-order valence-electron chi connectivity index (χ0n) is 15.6. The van der Waals surface area contributed by atoms with Gasteiger partial charge in [-0.2, -0.15) is 0 Å². The number of rotatable bonds is 5. The Kier molecular flexibility index (Phi) is 4.96. The Labute approximate surface area is 180 Å². The molecule has 0 spiro atoms. The van der Waals surface area contributed by atoms with Crippen LogP contribution in [-0.4, -0.2) is 15.9 Å². The molecule has 0 saturated carbocycles. The molecule has 0 unspecified atom stereocenters. The maximum Gasteiger partial charge on any atom is 0.257 e. The lowest BCUT2D eigenvalue weighted by atomic mass is 10.2. The fraction of sp³-hybridized carbons (Fsp3) is 0. The van der Waals surface area contributed by atoms with Gasteiger partial charge in [0.15, 0.2) is 5.13 Å². The number of hydrogen-bond donors (Lipinski definition) is 1. The minimum absolute atomic E-state index is 0.183. The van der Waals surface area contributed by atoms with Crippen molar-refractivity contribution in [1.29, 1.82) is 0 Å². The summed E-state index contributed by atoms with van der Waals surface area (Å²) in [6.45, 7) is 0. The van der Waals surface area contributed by atoms with Gasteiger partial charge in [-0.15, -0.1) is 22.7 Å². The number of carbonyl (C=O) groups excluding carboxylic acids is 1. The smallest absolute Gasteiger partial charge is 0.257 e. The number of benzene rings is 3. The standard InChI is InChI=1S/C23H15N3O2S2/c27-22(16-8-11-19-21(12-16)30-14-24-19)26-23-25-20(13-29-23)15-6-9-18(10-7-15)28-17-4-2-1-3-5-17/h1-14H,(H,25,26,27). The van der Waals surface area contributed by atoms with Crippen molar-refractivity contribution in [3.05, 3.63) is 89.3 Å². The third kappa shape index (κ3) is 3.94. The summed E-state index contributed by atoms with van der Waals surface area (Å²) in [6, 6.07) is 22.8. The molecule has 1 amide bonds. The first-order valence-corrected chi connectivity index (χ1v) is 10.9. The zero-order valence-corrected chi connectivity index (χ0v) is 17.2. The molecule has 7 heteroatoms. The monoisotopic (exact) mass is 429 g/mol. The average molecular weight is 430 g/mol. The Balaban J connectivity index is 1.28. The quantitative estimate of drug-likeness (QED) is 0.348. The van der Waals surface area contributed by atoms with Gasteiger partial charge in [0, 0.05) is 16.5 Å². The Morgan fingerprint density at radius 1 is 0.900 bits per heavy atom. The topological polar surface area (TPSA) is 64.1 Å². The van der Waals surface area contributed by atoms with E-state index in [0.717, 1.165) is 33.0 Å². The van der Waals surface area contributed by atoms with Crippen LogP contribution in [0.15, 0.2) is 83.7 Å². The number of amides is 1. The molecule has 3 aromatic carbocycles. The number of thiazole rings is 2. The predicted molar refractivity (Wildman–Crippen MR) is 122 cm³/mol. The summed E-state index contributed by atoms with van der Waals surface area (Å²) in [7, 11) is 0. The van der Waals surface area contributed by atoms with Gasteiger partial charge in [-0.05, 0) is 54.6 Å². The summed E-state index contributed by atoms with van der Waals surface area (Å²) in [5, 5.41) is 5.36. The first kappa shape index (κ1) is 18.5. The molecule has 146 valence electrons. The number of anilines is 1. The number of fused-ring (bicyclic) bond motifs is 1. The molecular weight excluding hydrogens is 414 g/mol. The van der Waals surface area contributed by atoms with E-state index in [0.29, 0.717) is 10.7 Å². The van der Waals surface area contributed by atoms with Crippen LogP contribution >= 0.6 is 22.7 Å². The summed E-state index contributed by atoms with van der Waals surface area (Å²) in [5.41, 5.74) is 5.02. The third-order valence-corrected chi connectivity index (χ3v) is 6.00. The molecule has 5 nitrogen and oxygen atoms in total. The van der Waals surface area contributed by atoms with Crippen LogP contribution in [0.5, 0.6) is 11.5 Å². The fourth-order valence-corrected chi connectivity index (χ4v) is 4.38. The molecular formula is C23H15N3O2S2. The van der Waals surface area contributed by atoms with Gasteiger partial charge in [-0.25, -0.2) is 9.97 Å². The Bertz CT molecular complexity index is 1310. The lowest BCUT2D eigenvalue weighted by Crippen LogP contribution is -2.11. The predicted octanol–water partition coefficient (Wildman–Crippen LogP) is 6.46. The van der Waals surface area contributed by atoms with E-state index in [2.05, 4.69) is 15.3 Å². The van der Waals surface area contributed by atoms with Crippen molar-refractivity contribution >= 4 is 43.9 Å². The number of nitrogens with one attached hydrogen (secondary N) is 1. The Morgan fingerprint density at radius 3 is 2.53 bits per heavy atom. The van der Waals surface area contributed by atoms with Crippen molar-refractivity contribution in [1.82, 2.24) is 9.97 Å². The van der Waals surface area contributed by atoms with E-state index >= 15 is 0 Å². The normalized spacial score (nSPS) is 10.8. The second-order valence-corrected chi connectivity index (χ2v) is 8.21. The van der Waals surface area contributed by atoms with Crippen molar-refractivity contribution < 1.29 is 9.53 Å². The van der Waals surface area contributed by atoms with Gasteiger partial charge in [0.05, 0.1) is 21.4 Å². The van der Waals surface area contributed by atoms with Crippen molar-refractivity contribution in [3.63, 3.8) is 0 Å². The van der Waals surface area contributed by atoms with Crippen LogP contribution in [-0.2, 0) is 0 Å². The highest BCUT2D eigenvalue weighted by atomic mass is 32.1. The van der Waals surface area contributed by atoms with E-state index in [-0.39, 0.29) is 5.91 Å². The Hall–Kier alpha value is -3.55. The van der Waals surface area contributed by atoms with Crippen molar-refractivity contribution in [2.45, 2.75) is 0 Å². The van der Waals surface area contributed by atoms with Crippen LogP contribution < -0.4 is 10.1 Å². The van der Waals surface area contributed by atoms with Crippen molar-refractivity contribution in [3.8, 4) is 22.8 Å². The van der Waals surface area contributed by atoms with Gasteiger partial charge in [-0.1, -0.05) is 18.2 Å². The summed E-state index contributed by atoms with van der Waals surface area (Å²) in [4.78, 5) is 21.4. The average Bonchev–Trinajstić information content (AvgIpc) is 3.44. The number of carbonyl (C=O) groups is 1. The third-order valence-electron chi connectivity index (χ3n) is 4.45. The maximum absolute atomic E-state index is 12.6. The van der Waals surface area contributed by atoms with E-state index in [1.807, 2.05) is 72.1 Å². The molecule has 1 N–H and O–H groups in total. The lowest BCUT2D eigenvalue weighted by Gasteiger charge is -2.06. The van der Waals surface area contributed by atoms with Crippen LogP contribution in [0.3, 0.4) is 0 Å². The minimum Gasteiger partial charge on any atom is -0.457 e. The zero-order chi connectivity index (χ0) is 20.3. The fourth-order valence-electron chi connectivity index (χ4n) is 2.95. The molecule has 5 rings (SSSR count). The maximum atomic E-state index is 12.6. The van der Waals surface area contributed by atoms with Gasteiger partial charge >= 0.3 is 0 Å². The summed E-state index contributed by atoms with van der Waals surface area (Å²) in [5.74, 6) is 1.37. The SMILES string of the molecule is O=C(Nc1nc(-c2ccc(Oc3ccccc3)cc2)cs1)c1ccc2ncsc2c1. The molecule has 0 aliphatic heterocycles. The van der Waals surface area contributed by atoms with E-state index in [1.165, 1.54) is 22.7 Å². The summed E-state index contributed by atoms with van der Waals surface area (Å²) >= 11 is 2.91. The first-order valence-electron chi connectivity index (χ1n) is 9.18. The minimum atomic E-state index is -0.183. The highest BCUT2D eigenvalue weighted by Gasteiger charge is 2.11. The molecule has 5 aromatic rings. The van der Waals surface area contributed by atoms with E-state index in [9.17, 15) is 4.79 Å². The van der Waals surface area contributed by atoms with Crippen LogP contribution in [0.4, 0.5) is 5.13 Å². The molecule has 0 bridgehead atoms. The van der Waals surface area contributed by atoms with Gasteiger partial charge in [0.25, 0.3) is 5.91 Å². The highest BCUT2D eigenvalue weighted by molar-refractivity contribution is 7.16. The first-order chi connectivity index (χ1) is 14.7. The molecule has 2 aromatic heterocycles. The number of hydrogen-bond acceptors (Lipinski definition) is 6. The molecule has 0 radical (unpaired) electrons. The molecule has 30 heavy (non-hydrogen) atoms.